The van der Waals surface area contributed by atoms with Crippen LogP contribution in [-0.4, -0.2) is 12.1 Å². The molecule has 0 saturated heterocycles. The highest BCUT2D eigenvalue weighted by Crippen LogP contribution is 2.23. The summed E-state index contributed by atoms with van der Waals surface area (Å²) in [5, 5.41) is 3.96. The van der Waals surface area contributed by atoms with Gasteiger partial charge in [0.15, 0.2) is 0 Å². The number of pyridine rings is 1. The third-order valence-corrected chi connectivity index (χ3v) is 3.16. The maximum atomic E-state index is 5.97. The van der Waals surface area contributed by atoms with Gasteiger partial charge in [-0.25, -0.2) is 4.98 Å². The molecule has 0 radical (unpaired) electrons. The zero-order chi connectivity index (χ0) is 13.0. The number of halogens is 2. The van der Waals surface area contributed by atoms with Crippen molar-refractivity contribution < 1.29 is 4.74 Å². The van der Waals surface area contributed by atoms with Gasteiger partial charge in [0.1, 0.15) is 10.4 Å². The summed E-state index contributed by atoms with van der Waals surface area (Å²) >= 11 is 9.27. The van der Waals surface area contributed by atoms with Crippen molar-refractivity contribution in [2.75, 3.05) is 12.4 Å². The molecule has 0 aliphatic heterocycles. The van der Waals surface area contributed by atoms with Crippen molar-refractivity contribution in [1.82, 2.24) is 4.98 Å². The zero-order valence-electron chi connectivity index (χ0n) is 9.78. The lowest BCUT2D eigenvalue weighted by atomic mass is 10.2. The Bertz CT molecular complexity index is 531. The van der Waals surface area contributed by atoms with Crippen LogP contribution >= 0.6 is 27.5 Å². The van der Waals surface area contributed by atoms with Gasteiger partial charge in [-0.15, -0.1) is 0 Å². The molecule has 0 unspecified atom stereocenters. The Balaban J connectivity index is 2.09. The first-order valence-electron chi connectivity index (χ1n) is 5.37. The molecular weight excluding hydrogens is 316 g/mol. The molecular formula is C13H12BrClN2O. The summed E-state index contributed by atoms with van der Waals surface area (Å²) in [5.41, 5.74) is 1.95. The van der Waals surface area contributed by atoms with E-state index in [4.69, 9.17) is 16.3 Å². The third kappa shape index (κ3) is 3.37. The third-order valence-electron chi connectivity index (χ3n) is 2.45. The number of anilines is 1. The summed E-state index contributed by atoms with van der Waals surface area (Å²) in [6.45, 7) is 0.632. The first-order chi connectivity index (χ1) is 8.69. The molecule has 18 heavy (non-hydrogen) atoms. The van der Waals surface area contributed by atoms with E-state index in [1.54, 1.807) is 13.3 Å². The lowest BCUT2D eigenvalue weighted by Crippen LogP contribution is -2.02. The maximum Gasteiger partial charge on any atom is 0.123 e. The summed E-state index contributed by atoms with van der Waals surface area (Å²) in [5.74, 6) is 0.817. The van der Waals surface area contributed by atoms with E-state index in [2.05, 4.69) is 26.2 Å². The molecule has 0 amide bonds. The van der Waals surface area contributed by atoms with Crippen molar-refractivity contribution in [2.24, 2.45) is 0 Å². The van der Waals surface area contributed by atoms with E-state index in [0.717, 1.165) is 21.6 Å². The molecule has 0 atom stereocenters. The van der Waals surface area contributed by atoms with Gasteiger partial charge in [-0.05, 0) is 46.3 Å². The van der Waals surface area contributed by atoms with Crippen LogP contribution in [0.15, 0.2) is 41.1 Å². The summed E-state index contributed by atoms with van der Waals surface area (Å²) in [4.78, 5) is 4.15. The highest BCUT2D eigenvalue weighted by Gasteiger charge is 2.03. The first-order valence-corrected chi connectivity index (χ1v) is 6.54. The molecule has 5 heteroatoms. The Labute approximate surface area is 119 Å². The van der Waals surface area contributed by atoms with Crippen molar-refractivity contribution in [3.63, 3.8) is 0 Å². The molecule has 2 rings (SSSR count). The molecule has 0 aliphatic rings. The normalized spacial score (nSPS) is 10.2. The van der Waals surface area contributed by atoms with Gasteiger partial charge in [-0.3, -0.25) is 0 Å². The molecule has 0 aliphatic carbocycles. The number of nitrogens with zero attached hydrogens (tertiary/aromatic N) is 1. The summed E-state index contributed by atoms with van der Waals surface area (Å²) in [6.07, 6.45) is 1.76. The van der Waals surface area contributed by atoms with Gasteiger partial charge in [-0.1, -0.05) is 11.6 Å². The number of nitrogens with one attached hydrogen (secondary N) is 1. The second-order valence-electron chi connectivity index (χ2n) is 3.68. The van der Waals surface area contributed by atoms with Crippen LogP contribution in [0.25, 0.3) is 0 Å². The van der Waals surface area contributed by atoms with Crippen LogP contribution < -0.4 is 10.1 Å². The highest BCUT2D eigenvalue weighted by molar-refractivity contribution is 9.10. The van der Waals surface area contributed by atoms with E-state index in [0.29, 0.717) is 11.6 Å². The predicted octanol–water partition coefficient (Wildman–Crippen LogP) is 4.12. The summed E-state index contributed by atoms with van der Waals surface area (Å²) in [7, 11) is 1.65. The summed E-state index contributed by atoms with van der Waals surface area (Å²) < 4.78 is 6.10. The van der Waals surface area contributed by atoms with Crippen LogP contribution in [0.5, 0.6) is 5.75 Å². The number of hydrogen-bond acceptors (Lipinski definition) is 3. The SMILES string of the molecule is COc1ccc(Cl)cc1CNc1ccc(Br)nc1. The second kappa shape index (κ2) is 6.07. The average Bonchev–Trinajstić information content (AvgIpc) is 2.38. The zero-order valence-corrected chi connectivity index (χ0v) is 12.1. The Kier molecular flexibility index (Phi) is 4.44. The summed E-state index contributed by atoms with van der Waals surface area (Å²) in [6, 6.07) is 9.40. The molecule has 1 aromatic heterocycles. The van der Waals surface area contributed by atoms with Gasteiger partial charge in [-0.2, -0.15) is 0 Å². The van der Waals surface area contributed by atoms with Crippen LogP contribution in [0.3, 0.4) is 0 Å². The van der Waals surface area contributed by atoms with Crippen LogP contribution in [-0.2, 0) is 6.54 Å². The fourth-order valence-electron chi connectivity index (χ4n) is 1.56. The van der Waals surface area contributed by atoms with Crippen molar-refractivity contribution in [3.8, 4) is 5.75 Å². The Morgan fingerprint density at radius 1 is 1.33 bits per heavy atom. The fourth-order valence-corrected chi connectivity index (χ4v) is 1.99. The Morgan fingerprint density at radius 3 is 2.83 bits per heavy atom. The molecule has 1 aromatic carbocycles. The van der Waals surface area contributed by atoms with Gasteiger partial charge in [0.2, 0.25) is 0 Å². The van der Waals surface area contributed by atoms with E-state index >= 15 is 0 Å². The van der Waals surface area contributed by atoms with Gasteiger partial charge < -0.3 is 10.1 Å². The minimum absolute atomic E-state index is 0.632. The molecule has 1 N–H and O–H groups in total. The van der Waals surface area contributed by atoms with Gasteiger partial charge >= 0.3 is 0 Å². The maximum absolute atomic E-state index is 5.97. The van der Waals surface area contributed by atoms with E-state index < -0.39 is 0 Å². The van der Waals surface area contributed by atoms with Crippen molar-refractivity contribution in [3.05, 3.63) is 51.7 Å². The van der Waals surface area contributed by atoms with E-state index in [1.165, 1.54) is 0 Å². The molecule has 0 spiro atoms. The molecule has 94 valence electrons. The monoisotopic (exact) mass is 326 g/mol. The van der Waals surface area contributed by atoms with Gasteiger partial charge in [0, 0.05) is 17.1 Å². The van der Waals surface area contributed by atoms with Crippen LogP contribution in [0.2, 0.25) is 5.02 Å². The first kappa shape index (κ1) is 13.2. The van der Waals surface area contributed by atoms with Crippen LogP contribution in [0.4, 0.5) is 5.69 Å². The largest absolute Gasteiger partial charge is 0.496 e. The highest BCUT2D eigenvalue weighted by atomic mass is 79.9. The standard InChI is InChI=1S/C13H12BrClN2O/c1-18-12-4-2-10(15)6-9(12)7-16-11-3-5-13(14)17-8-11/h2-6,8,16H,7H2,1H3. The van der Waals surface area contributed by atoms with Gasteiger partial charge in [0.05, 0.1) is 19.0 Å². The average molecular weight is 328 g/mol. The lowest BCUT2D eigenvalue weighted by Gasteiger charge is -2.10. The van der Waals surface area contributed by atoms with E-state index in [1.807, 2.05) is 30.3 Å². The molecule has 1 heterocycles. The van der Waals surface area contributed by atoms with E-state index in [-0.39, 0.29) is 0 Å². The molecule has 3 nitrogen and oxygen atoms in total. The number of ether oxygens (including phenoxy) is 1. The number of rotatable bonds is 4. The topological polar surface area (TPSA) is 34.1 Å². The molecule has 0 fully saturated rings. The minimum atomic E-state index is 0.632. The molecule has 0 saturated carbocycles. The number of benzene rings is 1. The lowest BCUT2D eigenvalue weighted by molar-refractivity contribution is 0.410. The fraction of sp³-hybridized carbons (Fsp3) is 0.154. The minimum Gasteiger partial charge on any atom is -0.496 e. The van der Waals surface area contributed by atoms with Crippen molar-refractivity contribution in [1.29, 1.82) is 0 Å². The smallest absolute Gasteiger partial charge is 0.123 e. The number of hydrogen-bond donors (Lipinski definition) is 1. The quantitative estimate of drug-likeness (QED) is 0.858. The number of aromatic nitrogens is 1. The Hall–Kier alpha value is -1.26. The van der Waals surface area contributed by atoms with Crippen molar-refractivity contribution in [2.45, 2.75) is 6.54 Å². The van der Waals surface area contributed by atoms with Crippen molar-refractivity contribution >= 4 is 33.2 Å². The van der Waals surface area contributed by atoms with E-state index in [9.17, 15) is 0 Å². The number of methoxy groups -OCH3 is 1. The molecule has 2 aromatic rings. The molecule has 0 bridgehead atoms. The predicted molar refractivity (Wildman–Crippen MR) is 77.3 cm³/mol. The van der Waals surface area contributed by atoms with Crippen LogP contribution in [0, 0.1) is 0 Å². The second-order valence-corrected chi connectivity index (χ2v) is 4.93. The van der Waals surface area contributed by atoms with Gasteiger partial charge in [0.25, 0.3) is 0 Å². The Morgan fingerprint density at radius 2 is 2.17 bits per heavy atom. The van der Waals surface area contributed by atoms with Crippen LogP contribution in [0.1, 0.15) is 5.56 Å².